The van der Waals surface area contributed by atoms with Crippen molar-refractivity contribution in [2.75, 3.05) is 25.1 Å². The summed E-state index contributed by atoms with van der Waals surface area (Å²) in [5, 5.41) is 6.02. The normalized spacial score (nSPS) is 21.9. The van der Waals surface area contributed by atoms with Crippen LogP contribution in [0.4, 0.5) is 10.1 Å². The zero-order chi connectivity index (χ0) is 18.4. The fraction of sp³-hybridized carbons (Fsp3) is 0.381. The van der Waals surface area contributed by atoms with Crippen LogP contribution in [0.3, 0.4) is 0 Å². The van der Waals surface area contributed by atoms with Crippen LogP contribution in [-0.2, 0) is 17.8 Å². The van der Waals surface area contributed by atoms with Crippen molar-refractivity contribution in [1.82, 2.24) is 5.32 Å². The molecule has 7 heteroatoms. The van der Waals surface area contributed by atoms with Gasteiger partial charge >= 0.3 is 0 Å². The Labute approximate surface area is 169 Å². The first-order valence-electron chi connectivity index (χ1n) is 9.42. The molecule has 2 aromatic carbocycles. The molecule has 0 radical (unpaired) electrons. The van der Waals surface area contributed by atoms with Crippen molar-refractivity contribution in [2.24, 2.45) is 5.92 Å². The van der Waals surface area contributed by atoms with Crippen LogP contribution in [0.15, 0.2) is 30.3 Å². The lowest BCUT2D eigenvalue weighted by Crippen LogP contribution is -2.25. The summed E-state index contributed by atoms with van der Waals surface area (Å²) < 4.78 is 25.9. The molecule has 0 aromatic heterocycles. The van der Waals surface area contributed by atoms with Crippen molar-refractivity contribution in [2.45, 2.75) is 25.3 Å². The smallest absolute Gasteiger partial charge is 0.228 e. The molecule has 0 spiro atoms. The summed E-state index contributed by atoms with van der Waals surface area (Å²) in [7, 11) is 0. The molecule has 3 aliphatic rings. The van der Waals surface area contributed by atoms with Crippen LogP contribution in [0.25, 0.3) is 0 Å². The second kappa shape index (κ2) is 7.60. The summed E-state index contributed by atoms with van der Waals surface area (Å²) in [4.78, 5) is 12.6. The van der Waals surface area contributed by atoms with Crippen LogP contribution < -0.4 is 20.1 Å². The number of carbonyl (C=O) groups excluding carboxylic acids is 1. The van der Waals surface area contributed by atoms with Gasteiger partial charge in [0, 0.05) is 12.5 Å². The van der Waals surface area contributed by atoms with E-state index in [4.69, 9.17) is 9.47 Å². The molecule has 2 aliphatic heterocycles. The van der Waals surface area contributed by atoms with Crippen LogP contribution in [0.2, 0.25) is 0 Å². The van der Waals surface area contributed by atoms with Crippen molar-refractivity contribution in [3.8, 4) is 11.5 Å². The average Bonchev–Trinajstić information content (AvgIpc) is 3.51. The second-order valence-corrected chi connectivity index (χ2v) is 7.33. The molecule has 5 nitrogen and oxygen atoms in total. The maximum atomic E-state index is 14.7. The molecule has 0 saturated heterocycles. The lowest BCUT2D eigenvalue weighted by atomic mass is 9.99. The van der Waals surface area contributed by atoms with Gasteiger partial charge in [-0.25, -0.2) is 4.39 Å². The molecular formula is C21H22ClFN2O3. The monoisotopic (exact) mass is 404 g/mol. The molecule has 2 N–H and O–H groups in total. The van der Waals surface area contributed by atoms with Crippen molar-refractivity contribution in [3.05, 3.63) is 52.8 Å². The molecule has 5 rings (SSSR count). The average molecular weight is 405 g/mol. The first kappa shape index (κ1) is 19.0. The van der Waals surface area contributed by atoms with Gasteiger partial charge in [0.1, 0.15) is 19.0 Å². The standard InChI is InChI=1S/C21H21FN2O3.ClH/c22-20-14-5-6-23-11-13(14)1-3-17(20)24-21(25)16-10-15(16)12-2-4-18-19(9-12)27-8-7-26-18;/h1-4,9,15-16,23H,5-8,10-11H2,(H,24,25);1H. The van der Waals surface area contributed by atoms with Crippen molar-refractivity contribution < 1.29 is 18.7 Å². The van der Waals surface area contributed by atoms with E-state index in [0.29, 0.717) is 31.7 Å². The van der Waals surface area contributed by atoms with Gasteiger partial charge in [-0.05, 0) is 60.2 Å². The number of nitrogens with one attached hydrogen (secondary N) is 2. The number of rotatable bonds is 3. The van der Waals surface area contributed by atoms with E-state index in [2.05, 4.69) is 10.6 Å². The van der Waals surface area contributed by atoms with Crippen LogP contribution in [0, 0.1) is 11.7 Å². The van der Waals surface area contributed by atoms with E-state index in [9.17, 15) is 9.18 Å². The van der Waals surface area contributed by atoms with Gasteiger partial charge in [-0.1, -0.05) is 12.1 Å². The van der Waals surface area contributed by atoms with Crippen molar-refractivity contribution in [1.29, 1.82) is 0 Å². The molecule has 2 heterocycles. The number of halogens is 2. The zero-order valence-corrected chi connectivity index (χ0v) is 16.1. The number of ether oxygens (including phenoxy) is 2. The molecule has 148 valence electrons. The van der Waals surface area contributed by atoms with Gasteiger partial charge < -0.3 is 20.1 Å². The topological polar surface area (TPSA) is 59.6 Å². The summed E-state index contributed by atoms with van der Waals surface area (Å²) in [6.45, 7) is 2.53. The molecule has 1 fully saturated rings. The highest BCUT2D eigenvalue weighted by Crippen LogP contribution is 2.50. The van der Waals surface area contributed by atoms with Crippen LogP contribution in [0.5, 0.6) is 11.5 Å². The highest BCUT2D eigenvalue weighted by Gasteiger charge is 2.44. The third kappa shape index (κ3) is 3.42. The number of amides is 1. The minimum absolute atomic E-state index is 0. The Morgan fingerprint density at radius 1 is 1.14 bits per heavy atom. The predicted molar refractivity (Wildman–Crippen MR) is 106 cm³/mol. The molecule has 2 aromatic rings. The second-order valence-electron chi connectivity index (χ2n) is 7.33. The Balaban J connectivity index is 0.00000192. The maximum Gasteiger partial charge on any atom is 0.228 e. The van der Waals surface area contributed by atoms with E-state index in [-0.39, 0.29) is 41.7 Å². The number of hydrogen-bond acceptors (Lipinski definition) is 4. The zero-order valence-electron chi connectivity index (χ0n) is 15.3. The first-order chi connectivity index (χ1) is 13.2. The van der Waals surface area contributed by atoms with Gasteiger partial charge in [0.15, 0.2) is 11.5 Å². The Morgan fingerprint density at radius 2 is 1.96 bits per heavy atom. The van der Waals surface area contributed by atoms with E-state index in [1.165, 1.54) is 0 Å². The number of hydrogen-bond donors (Lipinski definition) is 2. The molecule has 2 unspecified atom stereocenters. The summed E-state index contributed by atoms with van der Waals surface area (Å²) in [5.74, 6) is 1.08. The molecule has 2 atom stereocenters. The number of carbonyl (C=O) groups is 1. The van der Waals surface area contributed by atoms with Gasteiger partial charge in [-0.3, -0.25) is 4.79 Å². The number of anilines is 1. The molecular weight excluding hydrogens is 383 g/mol. The van der Waals surface area contributed by atoms with E-state index >= 15 is 0 Å². The van der Waals surface area contributed by atoms with Gasteiger partial charge in [0.25, 0.3) is 0 Å². The minimum atomic E-state index is -0.293. The Bertz CT molecular complexity index is 921. The molecule has 1 saturated carbocycles. The molecule has 1 aliphatic carbocycles. The summed E-state index contributed by atoms with van der Waals surface area (Å²) >= 11 is 0. The van der Waals surface area contributed by atoms with Gasteiger partial charge in [-0.15, -0.1) is 12.4 Å². The third-order valence-corrected chi connectivity index (χ3v) is 5.59. The first-order valence-corrected chi connectivity index (χ1v) is 9.42. The van der Waals surface area contributed by atoms with Crippen LogP contribution in [-0.4, -0.2) is 25.7 Å². The summed E-state index contributed by atoms with van der Waals surface area (Å²) in [5.41, 5.74) is 3.04. The van der Waals surface area contributed by atoms with E-state index in [1.54, 1.807) is 6.07 Å². The van der Waals surface area contributed by atoms with Gasteiger partial charge in [-0.2, -0.15) is 0 Å². The van der Waals surface area contributed by atoms with Crippen LogP contribution in [0.1, 0.15) is 29.0 Å². The highest BCUT2D eigenvalue weighted by atomic mass is 35.5. The summed E-state index contributed by atoms with van der Waals surface area (Å²) in [6, 6.07) is 9.40. The summed E-state index contributed by atoms with van der Waals surface area (Å²) in [6.07, 6.45) is 1.41. The molecule has 0 bridgehead atoms. The number of benzene rings is 2. The molecule has 28 heavy (non-hydrogen) atoms. The fourth-order valence-electron chi connectivity index (χ4n) is 4.00. The van der Waals surface area contributed by atoms with E-state index in [0.717, 1.165) is 35.6 Å². The fourth-order valence-corrected chi connectivity index (χ4v) is 4.00. The molecule has 1 amide bonds. The van der Waals surface area contributed by atoms with Crippen molar-refractivity contribution in [3.63, 3.8) is 0 Å². The number of fused-ring (bicyclic) bond motifs is 2. The Kier molecular flexibility index (Phi) is 5.17. The predicted octanol–water partition coefficient (Wildman–Crippen LogP) is 3.41. The quantitative estimate of drug-likeness (QED) is 0.823. The SMILES string of the molecule is Cl.O=C(Nc1ccc2c(c1F)CCNC2)C1CC1c1ccc2c(c1)OCCO2. The Hall–Kier alpha value is -2.31. The third-order valence-electron chi connectivity index (χ3n) is 5.59. The lowest BCUT2D eigenvalue weighted by molar-refractivity contribution is -0.117. The van der Waals surface area contributed by atoms with E-state index in [1.807, 2.05) is 24.3 Å². The van der Waals surface area contributed by atoms with Gasteiger partial charge in [0.05, 0.1) is 5.69 Å². The Morgan fingerprint density at radius 3 is 2.82 bits per heavy atom. The van der Waals surface area contributed by atoms with Crippen LogP contribution >= 0.6 is 12.4 Å². The highest BCUT2D eigenvalue weighted by molar-refractivity contribution is 5.95. The largest absolute Gasteiger partial charge is 0.486 e. The van der Waals surface area contributed by atoms with E-state index < -0.39 is 0 Å². The maximum absolute atomic E-state index is 14.7. The minimum Gasteiger partial charge on any atom is -0.486 e. The lowest BCUT2D eigenvalue weighted by Gasteiger charge is -2.19. The van der Waals surface area contributed by atoms with Crippen molar-refractivity contribution >= 4 is 24.0 Å². The van der Waals surface area contributed by atoms with Gasteiger partial charge in [0.2, 0.25) is 5.91 Å².